The predicted octanol–water partition coefficient (Wildman–Crippen LogP) is 4.04. The molecule has 0 radical (unpaired) electrons. The van der Waals surface area contributed by atoms with Gasteiger partial charge in [-0.1, -0.05) is 32.6 Å². The van der Waals surface area contributed by atoms with Gasteiger partial charge in [-0.25, -0.2) is 14.2 Å². The molecule has 2 saturated heterocycles. The average molecular weight is 497 g/mol. The zero-order chi connectivity index (χ0) is 25.8. The first kappa shape index (κ1) is 25.4. The van der Waals surface area contributed by atoms with E-state index in [0.717, 1.165) is 43.4 Å². The molecular formula is C26H33FN6O3. The van der Waals surface area contributed by atoms with Crippen molar-refractivity contribution >= 4 is 29.5 Å². The molecule has 3 heterocycles. The van der Waals surface area contributed by atoms with Crippen LogP contribution >= 0.6 is 0 Å². The number of carbonyl (C=O) groups excluding carboxylic acids is 2. The monoisotopic (exact) mass is 496 g/mol. The van der Waals surface area contributed by atoms with E-state index in [1.54, 1.807) is 0 Å². The number of piperidine rings is 1. The number of anilines is 3. The lowest BCUT2D eigenvalue weighted by molar-refractivity contribution is -0.117. The van der Waals surface area contributed by atoms with Crippen molar-refractivity contribution in [3.8, 4) is 0 Å². The second-order valence-corrected chi connectivity index (χ2v) is 9.58. The molecule has 2 aliphatic heterocycles. The molecule has 0 bridgehead atoms. The lowest BCUT2D eigenvalue weighted by Gasteiger charge is -2.34. The Morgan fingerprint density at radius 3 is 2.72 bits per heavy atom. The Morgan fingerprint density at radius 1 is 1.28 bits per heavy atom. The molecular weight excluding hydrogens is 463 g/mol. The number of benzene rings is 1. The molecule has 0 saturated carbocycles. The average Bonchev–Trinajstić information content (AvgIpc) is 3.26. The SMILES string of the molecule is C=CC(=O)NC1CCCN(c2ccc([C@H](C)Nc3ncc(F)c(N4C(=O)OC[C@@H]4C(C)C)n3)cc2)C1. The third-order valence-corrected chi connectivity index (χ3v) is 6.69. The quantitative estimate of drug-likeness (QED) is 0.532. The van der Waals surface area contributed by atoms with Gasteiger partial charge < -0.3 is 20.3 Å². The summed E-state index contributed by atoms with van der Waals surface area (Å²) in [6, 6.07) is 7.79. The smallest absolute Gasteiger partial charge is 0.416 e. The van der Waals surface area contributed by atoms with Gasteiger partial charge in [0.05, 0.1) is 18.3 Å². The standard InChI is InChI=1S/C26H33FN6O3/c1-5-23(34)30-19-7-6-12-32(14-19)20-10-8-18(9-11-20)17(4)29-25-28-13-21(27)24(31-25)33-22(16(2)3)15-36-26(33)35/h5,8-11,13,16-17,19,22H,1,6-7,12,14-15H2,2-4H3,(H,30,34)(H,28,29,31)/t17-,19?,22+/m0/s1. The van der Waals surface area contributed by atoms with Crippen LogP contribution in [0.2, 0.25) is 0 Å². The summed E-state index contributed by atoms with van der Waals surface area (Å²) < 4.78 is 19.7. The molecule has 0 spiro atoms. The maximum atomic E-state index is 14.6. The molecule has 3 atom stereocenters. The van der Waals surface area contributed by atoms with Gasteiger partial charge in [0.25, 0.3) is 0 Å². The number of nitrogens with one attached hydrogen (secondary N) is 2. The summed E-state index contributed by atoms with van der Waals surface area (Å²) >= 11 is 0. The Bertz CT molecular complexity index is 1110. The molecule has 2 N–H and O–H groups in total. The van der Waals surface area contributed by atoms with Crippen LogP contribution < -0.4 is 20.4 Å². The number of hydrogen-bond acceptors (Lipinski definition) is 7. The van der Waals surface area contributed by atoms with Gasteiger partial charge in [0.1, 0.15) is 6.61 Å². The van der Waals surface area contributed by atoms with E-state index in [1.165, 1.54) is 11.0 Å². The van der Waals surface area contributed by atoms with Crippen LogP contribution in [0.1, 0.15) is 45.2 Å². The van der Waals surface area contributed by atoms with Crippen molar-refractivity contribution in [1.29, 1.82) is 0 Å². The lowest BCUT2D eigenvalue weighted by atomic mass is 10.0. The highest BCUT2D eigenvalue weighted by molar-refractivity contribution is 5.89. The molecule has 9 nitrogen and oxygen atoms in total. The number of amides is 2. The molecule has 192 valence electrons. The minimum absolute atomic E-state index is 0.0769. The largest absolute Gasteiger partial charge is 0.447 e. The van der Waals surface area contributed by atoms with E-state index in [4.69, 9.17) is 4.74 Å². The normalized spacial score (nSPS) is 20.8. The van der Waals surface area contributed by atoms with E-state index in [-0.39, 0.29) is 48.3 Å². The minimum atomic E-state index is -0.675. The van der Waals surface area contributed by atoms with Crippen LogP contribution in [0.4, 0.5) is 26.6 Å². The first-order valence-electron chi connectivity index (χ1n) is 12.3. The fourth-order valence-corrected chi connectivity index (χ4v) is 4.61. The summed E-state index contributed by atoms with van der Waals surface area (Å²) in [6.07, 6.45) is 3.71. The Kier molecular flexibility index (Phi) is 7.71. The highest BCUT2D eigenvalue weighted by Crippen LogP contribution is 2.29. The van der Waals surface area contributed by atoms with Gasteiger partial charge in [-0.15, -0.1) is 0 Å². The van der Waals surface area contributed by atoms with E-state index in [2.05, 4.69) is 44.2 Å². The number of cyclic esters (lactones) is 1. The van der Waals surface area contributed by atoms with Crippen molar-refractivity contribution in [2.45, 2.75) is 51.7 Å². The third kappa shape index (κ3) is 5.58. The molecule has 2 aromatic rings. The van der Waals surface area contributed by atoms with Gasteiger partial charge in [0.15, 0.2) is 11.6 Å². The first-order chi connectivity index (χ1) is 17.3. The van der Waals surface area contributed by atoms with E-state index in [9.17, 15) is 14.0 Å². The zero-order valence-corrected chi connectivity index (χ0v) is 20.9. The topological polar surface area (TPSA) is 99.7 Å². The first-order valence-corrected chi connectivity index (χ1v) is 12.3. The molecule has 0 aliphatic carbocycles. The van der Waals surface area contributed by atoms with E-state index in [1.807, 2.05) is 32.9 Å². The summed E-state index contributed by atoms with van der Waals surface area (Å²) in [5.41, 5.74) is 2.08. The maximum absolute atomic E-state index is 14.6. The summed E-state index contributed by atoms with van der Waals surface area (Å²) in [6.45, 7) is 11.3. The fourth-order valence-electron chi connectivity index (χ4n) is 4.61. The predicted molar refractivity (Wildman–Crippen MR) is 136 cm³/mol. The second kappa shape index (κ2) is 10.9. The highest BCUT2D eigenvalue weighted by Gasteiger charge is 2.39. The minimum Gasteiger partial charge on any atom is -0.447 e. The summed E-state index contributed by atoms with van der Waals surface area (Å²) in [4.78, 5) is 35.9. The van der Waals surface area contributed by atoms with Crippen LogP contribution in [-0.2, 0) is 9.53 Å². The van der Waals surface area contributed by atoms with Crippen LogP contribution in [0, 0.1) is 11.7 Å². The van der Waals surface area contributed by atoms with Crippen molar-refractivity contribution in [2.24, 2.45) is 5.92 Å². The van der Waals surface area contributed by atoms with Crippen molar-refractivity contribution in [2.75, 3.05) is 34.8 Å². The molecule has 1 unspecified atom stereocenters. The number of ether oxygens (including phenoxy) is 1. The molecule has 10 heteroatoms. The number of halogens is 1. The fraction of sp³-hybridized carbons (Fsp3) is 0.462. The van der Waals surface area contributed by atoms with E-state index >= 15 is 0 Å². The van der Waals surface area contributed by atoms with E-state index < -0.39 is 11.9 Å². The molecule has 2 fully saturated rings. The number of rotatable bonds is 8. The summed E-state index contributed by atoms with van der Waals surface area (Å²) in [5.74, 6) is -0.606. The highest BCUT2D eigenvalue weighted by atomic mass is 19.1. The summed E-state index contributed by atoms with van der Waals surface area (Å²) in [7, 11) is 0. The van der Waals surface area contributed by atoms with Crippen molar-refractivity contribution in [3.05, 3.63) is 54.5 Å². The number of carbonyl (C=O) groups is 2. The second-order valence-electron chi connectivity index (χ2n) is 9.58. The Balaban J connectivity index is 1.43. The van der Waals surface area contributed by atoms with Crippen LogP contribution in [0.15, 0.2) is 43.1 Å². The van der Waals surface area contributed by atoms with Gasteiger partial charge in [-0.3, -0.25) is 9.69 Å². The third-order valence-electron chi connectivity index (χ3n) is 6.69. The van der Waals surface area contributed by atoms with Crippen molar-refractivity contribution in [1.82, 2.24) is 15.3 Å². The van der Waals surface area contributed by atoms with E-state index in [0.29, 0.717) is 0 Å². The van der Waals surface area contributed by atoms with Gasteiger partial charge in [0, 0.05) is 24.8 Å². The van der Waals surface area contributed by atoms with Crippen LogP contribution in [0.3, 0.4) is 0 Å². The zero-order valence-electron chi connectivity index (χ0n) is 20.9. The Morgan fingerprint density at radius 2 is 2.03 bits per heavy atom. The molecule has 4 rings (SSSR count). The lowest BCUT2D eigenvalue weighted by Crippen LogP contribution is -2.47. The molecule has 1 aromatic carbocycles. The van der Waals surface area contributed by atoms with Gasteiger partial charge in [0.2, 0.25) is 11.9 Å². The number of aromatic nitrogens is 2. The van der Waals surface area contributed by atoms with Gasteiger partial charge in [-0.2, -0.15) is 4.98 Å². The van der Waals surface area contributed by atoms with Crippen LogP contribution in [-0.4, -0.2) is 53.7 Å². The molecule has 2 amide bonds. The Labute approximate surface area is 210 Å². The molecule has 2 aliphatic rings. The molecule has 1 aromatic heterocycles. The van der Waals surface area contributed by atoms with Crippen molar-refractivity contribution < 1.29 is 18.7 Å². The number of hydrogen-bond donors (Lipinski definition) is 2. The summed E-state index contributed by atoms with van der Waals surface area (Å²) in [5, 5.41) is 6.19. The van der Waals surface area contributed by atoms with Gasteiger partial charge in [-0.05, 0) is 49.5 Å². The number of nitrogens with zero attached hydrogens (tertiary/aromatic N) is 4. The van der Waals surface area contributed by atoms with Crippen LogP contribution in [0.5, 0.6) is 0 Å². The van der Waals surface area contributed by atoms with Crippen molar-refractivity contribution in [3.63, 3.8) is 0 Å². The van der Waals surface area contributed by atoms with Gasteiger partial charge >= 0.3 is 6.09 Å². The van der Waals surface area contributed by atoms with Crippen LogP contribution in [0.25, 0.3) is 0 Å². The Hall–Kier alpha value is -3.69. The molecule has 36 heavy (non-hydrogen) atoms. The maximum Gasteiger partial charge on any atom is 0.416 e.